The molecule has 2 saturated heterocycles. The molecule has 0 aromatic heterocycles. The van der Waals surface area contributed by atoms with Gasteiger partial charge < -0.3 is 4.74 Å². The van der Waals surface area contributed by atoms with Gasteiger partial charge in [0.05, 0.1) is 23.6 Å². The van der Waals surface area contributed by atoms with Gasteiger partial charge in [0.2, 0.25) is 29.0 Å². The number of carbonyl (C=O) groups is 4. The average Bonchev–Trinajstić information content (AvgIpc) is 3.42. The average molecular weight is 451 g/mol. The molecule has 1 aliphatic carbocycles. The molecule has 3 aromatic rings. The lowest BCUT2D eigenvalue weighted by molar-refractivity contribution is -0.127. The number of aryl methyl sites for hydroxylation is 1. The Labute approximate surface area is 196 Å². The Hall–Kier alpha value is -3.90. The summed E-state index contributed by atoms with van der Waals surface area (Å²) >= 11 is 0. The van der Waals surface area contributed by atoms with Crippen LogP contribution in [0.2, 0.25) is 0 Å². The number of fused-ring (bicyclic) bond motifs is 3. The zero-order valence-corrected chi connectivity index (χ0v) is 18.6. The maximum absolute atomic E-state index is 14.0. The van der Waals surface area contributed by atoms with E-state index in [0.717, 1.165) is 16.0 Å². The Balaban J connectivity index is 1.57. The summed E-state index contributed by atoms with van der Waals surface area (Å²) in [6.45, 7) is 3.75. The molecule has 3 atom stereocenters. The summed E-state index contributed by atoms with van der Waals surface area (Å²) in [6.07, 6.45) is -0.903. The Morgan fingerprint density at radius 2 is 1.35 bits per heavy atom. The lowest BCUT2D eigenvalue weighted by atomic mass is 9.77. The number of rotatable bonds is 2. The molecule has 3 aliphatic rings. The first-order valence-corrected chi connectivity index (χ1v) is 11.2. The zero-order chi connectivity index (χ0) is 23.8. The number of ether oxygens (including phenoxy) is 1. The second-order valence-electron chi connectivity index (χ2n) is 9.12. The Morgan fingerprint density at radius 1 is 0.735 bits per heavy atom. The maximum atomic E-state index is 14.0. The summed E-state index contributed by atoms with van der Waals surface area (Å²) < 4.78 is 6.28. The molecule has 0 bridgehead atoms. The molecule has 2 amide bonds. The molecule has 6 rings (SSSR count). The number of amides is 2. The van der Waals surface area contributed by atoms with Gasteiger partial charge in [-0.15, -0.1) is 0 Å². The molecule has 6 nitrogen and oxygen atoms in total. The van der Waals surface area contributed by atoms with Crippen LogP contribution in [0.15, 0.2) is 72.8 Å². The van der Waals surface area contributed by atoms with Gasteiger partial charge in [0.1, 0.15) is 0 Å². The van der Waals surface area contributed by atoms with Crippen molar-refractivity contribution in [2.75, 3.05) is 4.90 Å². The summed E-state index contributed by atoms with van der Waals surface area (Å²) in [5.74, 6) is -4.35. The maximum Gasteiger partial charge on any atom is 0.241 e. The van der Waals surface area contributed by atoms with E-state index in [0.29, 0.717) is 11.3 Å². The van der Waals surface area contributed by atoms with Crippen LogP contribution in [0.4, 0.5) is 5.69 Å². The van der Waals surface area contributed by atoms with E-state index in [9.17, 15) is 19.2 Å². The molecule has 168 valence electrons. The van der Waals surface area contributed by atoms with Crippen LogP contribution in [0.5, 0.6) is 0 Å². The van der Waals surface area contributed by atoms with Crippen molar-refractivity contribution in [1.29, 1.82) is 0 Å². The third-order valence-electron chi connectivity index (χ3n) is 7.46. The minimum Gasteiger partial charge on any atom is -0.349 e. The summed E-state index contributed by atoms with van der Waals surface area (Å²) in [7, 11) is 0. The number of benzene rings is 3. The first-order valence-electron chi connectivity index (χ1n) is 11.2. The van der Waals surface area contributed by atoms with E-state index >= 15 is 0 Å². The highest BCUT2D eigenvalue weighted by Crippen LogP contribution is 2.57. The third-order valence-corrected chi connectivity index (χ3v) is 7.46. The summed E-state index contributed by atoms with van der Waals surface area (Å²) in [5.41, 5.74) is 1.25. The number of anilines is 1. The molecule has 3 aromatic carbocycles. The highest BCUT2D eigenvalue weighted by molar-refractivity contribution is 6.37. The number of hydrogen-bond acceptors (Lipinski definition) is 5. The Morgan fingerprint density at radius 3 is 2.00 bits per heavy atom. The number of Topliss-reactive ketones (excluding diaryl/α,β-unsaturated/α-hetero) is 2. The predicted molar refractivity (Wildman–Crippen MR) is 123 cm³/mol. The fourth-order valence-corrected chi connectivity index (χ4v) is 5.68. The fraction of sp³-hybridized carbons (Fsp3) is 0.214. The van der Waals surface area contributed by atoms with Crippen molar-refractivity contribution < 1.29 is 23.9 Å². The molecular formula is C28H21NO5. The first-order chi connectivity index (χ1) is 16.4. The van der Waals surface area contributed by atoms with Crippen molar-refractivity contribution in [3.8, 4) is 0 Å². The molecule has 0 N–H and O–H groups in total. The SMILES string of the molecule is Cc1cccc(N2C(=O)[C@H]3[C@@H](c4ccccc4)OC4(C(=O)c5ccccc5C4=O)[C@@H]3C2=O)c1C. The van der Waals surface area contributed by atoms with Gasteiger partial charge in [-0.25, -0.2) is 4.90 Å². The fourth-order valence-electron chi connectivity index (χ4n) is 5.68. The van der Waals surface area contributed by atoms with E-state index in [-0.39, 0.29) is 11.1 Å². The van der Waals surface area contributed by atoms with E-state index in [1.54, 1.807) is 60.7 Å². The first kappa shape index (κ1) is 20.7. The van der Waals surface area contributed by atoms with Crippen LogP contribution in [0.1, 0.15) is 43.5 Å². The summed E-state index contributed by atoms with van der Waals surface area (Å²) in [6, 6.07) is 20.9. The quantitative estimate of drug-likeness (QED) is 0.435. The van der Waals surface area contributed by atoms with Gasteiger partial charge in [0.25, 0.3) is 0 Å². The number of imide groups is 1. The van der Waals surface area contributed by atoms with E-state index in [4.69, 9.17) is 4.74 Å². The molecule has 1 spiro atoms. The van der Waals surface area contributed by atoms with Crippen molar-refractivity contribution in [3.63, 3.8) is 0 Å². The number of nitrogens with zero attached hydrogens (tertiary/aromatic N) is 1. The van der Waals surface area contributed by atoms with E-state index in [2.05, 4.69) is 0 Å². The van der Waals surface area contributed by atoms with E-state index in [1.807, 2.05) is 26.0 Å². The van der Waals surface area contributed by atoms with Gasteiger partial charge in [-0.3, -0.25) is 19.2 Å². The molecule has 2 heterocycles. The van der Waals surface area contributed by atoms with Crippen molar-refractivity contribution in [3.05, 3.63) is 101 Å². The van der Waals surface area contributed by atoms with Crippen LogP contribution in [-0.2, 0) is 14.3 Å². The van der Waals surface area contributed by atoms with Crippen LogP contribution in [0, 0.1) is 25.7 Å². The molecule has 34 heavy (non-hydrogen) atoms. The lowest BCUT2D eigenvalue weighted by Gasteiger charge is -2.28. The zero-order valence-electron chi connectivity index (χ0n) is 18.6. The van der Waals surface area contributed by atoms with E-state index < -0.39 is 46.9 Å². The van der Waals surface area contributed by atoms with Crippen LogP contribution in [-0.4, -0.2) is 29.0 Å². The molecular weight excluding hydrogens is 430 g/mol. The number of hydrogen-bond donors (Lipinski definition) is 0. The largest absolute Gasteiger partial charge is 0.349 e. The van der Waals surface area contributed by atoms with E-state index in [1.165, 1.54) is 0 Å². The Kier molecular flexibility index (Phi) is 4.29. The highest BCUT2D eigenvalue weighted by atomic mass is 16.5. The van der Waals surface area contributed by atoms with Gasteiger partial charge >= 0.3 is 0 Å². The number of ketones is 2. The van der Waals surface area contributed by atoms with Gasteiger partial charge in [0, 0.05) is 11.1 Å². The van der Waals surface area contributed by atoms with Crippen molar-refractivity contribution in [1.82, 2.24) is 0 Å². The van der Waals surface area contributed by atoms with Crippen LogP contribution in [0.3, 0.4) is 0 Å². The van der Waals surface area contributed by atoms with Crippen molar-refractivity contribution in [2.24, 2.45) is 11.8 Å². The normalized spacial score (nSPS) is 24.8. The van der Waals surface area contributed by atoms with Crippen LogP contribution < -0.4 is 4.90 Å². The molecule has 2 aliphatic heterocycles. The van der Waals surface area contributed by atoms with Crippen molar-refractivity contribution in [2.45, 2.75) is 25.6 Å². The molecule has 0 radical (unpaired) electrons. The summed E-state index contributed by atoms with van der Waals surface area (Å²) in [4.78, 5) is 56.5. The smallest absolute Gasteiger partial charge is 0.241 e. The second-order valence-corrected chi connectivity index (χ2v) is 9.12. The van der Waals surface area contributed by atoms with Gasteiger partial charge in [-0.05, 0) is 36.6 Å². The van der Waals surface area contributed by atoms with Crippen LogP contribution >= 0.6 is 0 Å². The second kappa shape index (κ2) is 7.05. The molecule has 2 fully saturated rings. The monoisotopic (exact) mass is 451 g/mol. The molecule has 6 heteroatoms. The topological polar surface area (TPSA) is 80.8 Å². The number of carbonyl (C=O) groups excluding carboxylic acids is 4. The Bertz CT molecular complexity index is 1370. The highest BCUT2D eigenvalue weighted by Gasteiger charge is 2.74. The van der Waals surface area contributed by atoms with Crippen molar-refractivity contribution >= 4 is 29.1 Å². The van der Waals surface area contributed by atoms with Gasteiger partial charge in [0.15, 0.2) is 0 Å². The summed E-state index contributed by atoms with van der Waals surface area (Å²) in [5, 5.41) is 0. The minimum absolute atomic E-state index is 0.227. The standard InChI is InChI=1S/C28H21NO5/c1-15-9-8-14-20(16(15)2)29-26(32)21-22(27(29)33)28(34-23(21)17-10-4-3-5-11-17)24(30)18-12-6-7-13-19(18)25(28)31/h3-14,21-23H,1-2H3/t21-,22+,23-/m1/s1. The third kappa shape index (κ3) is 2.43. The lowest BCUT2D eigenvalue weighted by Crippen LogP contribution is -2.51. The molecule has 0 unspecified atom stereocenters. The predicted octanol–water partition coefficient (Wildman–Crippen LogP) is 4.00. The van der Waals surface area contributed by atoms with Crippen LogP contribution in [0.25, 0.3) is 0 Å². The minimum atomic E-state index is -2.05. The van der Waals surface area contributed by atoms with Gasteiger partial charge in [-0.2, -0.15) is 0 Å². The molecule has 0 saturated carbocycles. The van der Waals surface area contributed by atoms with Gasteiger partial charge in [-0.1, -0.05) is 66.7 Å².